The number of halogens is 4. The number of rotatable bonds is 10. The van der Waals surface area contributed by atoms with Gasteiger partial charge < -0.3 is 25.8 Å². The molecular weight excluding hydrogens is 743 g/mol. The van der Waals surface area contributed by atoms with Crippen LogP contribution >= 0.6 is 11.6 Å². The van der Waals surface area contributed by atoms with Crippen molar-refractivity contribution in [2.45, 2.75) is 52.6 Å². The highest BCUT2D eigenvalue weighted by Gasteiger charge is 2.32. The van der Waals surface area contributed by atoms with Gasteiger partial charge in [0.2, 0.25) is 6.41 Å². The van der Waals surface area contributed by atoms with Crippen LogP contribution in [0.4, 0.5) is 13.2 Å². The van der Waals surface area contributed by atoms with Gasteiger partial charge in [-0.15, -0.1) is 0 Å². The van der Waals surface area contributed by atoms with Crippen LogP contribution in [0.25, 0.3) is 0 Å². The van der Waals surface area contributed by atoms with Gasteiger partial charge in [-0.25, -0.2) is 20.1 Å². The predicted molar refractivity (Wildman–Crippen MR) is 204 cm³/mol. The Morgan fingerprint density at radius 1 is 1.15 bits per heavy atom. The van der Waals surface area contributed by atoms with E-state index in [1.54, 1.807) is 18.9 Å². The standard InChI is InChI=1S/C19H20ClF3N6O2.C11H13NO.C6H11NO.CH3NO/c1-12-17(30)16(26-11-25-12)18(31)27-5-7-28(8-6-27)29(24-2)10-13-3-4-14(9-15(13)20)19(21,22)23;1-12-7-10-4-2-3-9-5-6-13-8-11(9)10;1-3-6(7-2)4-5-8;2-1-3/h3-4,9,11,30H,2,5-8,10H2,1H3;2-4H,1,5-8H2;4-5,7H,3H2,1-2H3;1H,(H2,2,3)/b;;6-4-;. The number of primary amides is 1. The Bertz CT molecular complexity index is 1760. The minimum absolute atomic E-state index is 0.0214. The summed E-state index contributed by atoms with van der Waals surface area (Å²) in [6.45, 7) is 14.5. The largest absolute Gasteiger partial charge is 0.504 e. The van der Waals surface area contributed by atoms with Crippen molar-refractivity contribution in [3.8, 4) is 5.75 Å². The summed E-state index contributed by atoms with van der Waals surface area (Å²) in [5, 5.41) is 20.2. The molecule has 1 saturated heterocycles. The number of carbonyl (C=O) groups excluding carboxylic acids is 3. The summed E-state index contributed by atoms with van der Waals surface area (Å²) in [5.74, 6) is -0.659. The third-order valence-corrected chi connectivity index (χ3v) is 8.67. The van der Waals surface area contributed by atoms with Gasteiger partial charge in [0.25, 0.3) is 5.91 Å². The minimum Gasteiger partial charge on any atom is -0.504 e. The van der Waals surface area contributed by atoms with Crippen molar-refractivity contribution in [3.05, 3.63) is 98.7 Å². The fourth-order valence-corrected chi connectivity index (χ4v) is 5.58. The molecule has 1 aromatic heterocycles. The third-order valence-electron chi connectivity index (χ3n) is 8.32. The van der Waals surface area contributed by atoms with E-state index >= 15 is 0 Å². The Balaban J connectivity index is 0.000000354. The van der Waals surface area contributed by atoms with Crippen LogP contribution in [0.15, 0.2) is 64.6 Å². The molecule has 3 aromatic rings. The highest BCUT2D eigenvalue weighted by molar-refractivity contribution is 6.31. The molecule has 2 amide bonds. The quantitative estimate of drug-likeness (QED) is 0.113. The molecule has 0 radical (unpaired) electrons. The second-order valence-electron chi connectivity index (χ2n) is 11.7. The maximum atomic E-state index is 12.8. The Morgan fingerprint density at radius 2 is 1.84 bits per heavy atom. The van der Waals surface area contributed by atoms with Crippen LogP contribution in [0.1, 0.15) is 57.3 Å². The number of aromatic hydroxyl groups is 1. The van der Waals surface area contributed by atoms with Crippen molar-refractivity contribution in [2.24, 2.45) is 15.8 Å². The lowest BCUT2D eigenvalue weighted by Crippen LogP contribution is -2.53. The Labute approximate surface area is 323 Å². The summed E-state index contributed by atoms with van der Waals surface area (Å²) < 4.78 is 43.9. The van der Waals surface area contributed by atoms with Gasteiger partial charge in [-0.2, -0.15) is 18.3 Å². The number of aryl methyl sites for hydroxylation is 1. The molecule has 0 aliphatic carbocycles. The second kappa shape index (κ2) is 23.4. The van der Waals surface area contributed by atoms with Crippen molar-refractivity contribution in [3.63, 3.8) is 0 Å². The topological polar surface area (TPSA) is 179 Å². The highest BCUT2D eigenvalue weighted by Crippen LogP contribution is 2.32. The van der Waals surface area contributed by atoms with Crippen molar-refractivity contribution < 1.29 is 37.4 Å². The first-order valence-electron chi connectivity index (χ1n) is 17.0. The summed E-state index contributed by atoms with van der Waals surface area (Å²) in [6.07, 6.45) is 1.22. The molecule has 55 heavy (non-hydrogen) atoms. The van der Waals surface area contributed by atoms with E-state index in [-0.39, 0.29) is 29.4 Å². The van der Waals surface area contributed by atoms with Gasteiger partial charge in [0, 0.05) is 50.7 Å². The van der Waals surface area contributed by atoms with Crippen LogP contribution in [0.2, 0.25) is 5.02 Å². The normalized spacial score (nSPS) is 13.9. The summed E-state index contributed by atoms with van der Waals surface area (Å²) in [6, 6.07) is 9.51. The van der Waals surface area contributed by atoms with Crippen molar-refractivity contribution >= 4 is 43.6 Å². The Hall–Kier alpha value is -5.39. The van der Waals surface area contributed by atoms with Gasteiger partial charge in [0.1, 0.15) is 12.6 Å². The lowest BCUT2D eigenvalue weighted by atomic mass is 9.98. The summed E-state index contributed by atoms with van der Waals surface area (Å²) in [4.78, 5) is 44.2. The number of ether oxygens (including phenoxy) is 1. The average Bonchev–Trinajstić information content (AvgIpc) is 3.18. The zero-order valence-electron chi connectivity index (χ0n) is 31.1. The summed E-state index contributed by atoms with van der Waals surface area (Å²) >= 11 is 6.04. The van der Waals surface area contributed by atoms with E-state index in [9.17, 15) is 27.9 Å². The molecule has 1 fully saturated rings. The molecule has 5 rings (SSSR count). The molecule has 2 aromatic carbocycles. The first-order chi connectivity index (χ1) is 26.3. The molecule has 2 aliphatic heterocycles. The maximum Gasteiger partial charge on any atom is 0.416 e. The number of aliphatic imine (C=N–C) groups is 1. The van der Waals surface area contributed by atoms with E-state index in [1.165, 1.54) is 40.3 Å². The van der Waals surface area contributed by atoms with E-state index < -0.39 is 17.6 Å². The number of allylic oxidation sites excluding steroid dienone is 2. The number of nitrogens with zero attached hydrogens (tertiary/aromatic N) is 7. The molecule has 0 spiro atoms. The minimum atomic E-state index is -4.47. The predicted octanol–water partition coefficient (Wildman–Crippen LogP) is 4.71. The van der Waals surface area contributed by atoms with Crippen molar-refractivity contribution in [2.75, 3.05) is 39.8 Å². The van der Waals surface area contributed by atoms with Crippen LogP contribution in [-0.4, -0.2) is 102 Å². The summed E-state index contributed by atoms with van der Waals surface area (Å²) in [7, 11) is 1.80. The van der Waals surface area contributed by atoms with Gasteiger partial charge in [0.15, 0.2) is 11.4 Å². The smallest absolute Gasteiger partial charge is 0.416 e. The van der Waals surface area contributed by atoms with Crippen LogP contribution < -0.4 is 11.1 Å². The van der Waals surface area contributed by atoms with Crippen molar-refractivity contribution in [1.82, 2.24) is 30.3 Å². The lowest BCUT2D eigenvalue weighted by molar-refractivity contribution is -0.137. The van der Waals surface area contributed by atoms with E-state index in [0.717, 1.165) is 50.2 Å². The molecule has 0 atom stereocenters. The number of hydrogen-bond donors (Lipinski definition) is 3. The van der Waals surface area contributed by atoms with Crippen LogP contribution in [0, 0.1) is 6.92 Å². The number of aldehydes is 1. The van der Waals surface area contributed by atoms with Crippen LogP contribution in [-0.2, 0) is 46.6 Å². The molecule has 18 heteroatoms. The van der Waals surface area contributed by atoms with Gasteiger partial charge in [-0.3, -0.25) is 19.4 Å². The van der Waals surface area contributed by atoms with E-state index in [2.05, 4.69) is 62.7 Å². The van der Waals surface area contributed by atoms with Gasteiger partial charge >= 0.3 is 6.18 Å². The average molecular weight is 790 g/mol. The number of alkyl halides is 3. The number of nitrogens with two attached hydrogens (primary N) is 1. The third kappa shape index (κ3) is 14.1. The fourth-order valence-electron chi connectivity index (χ4n) is 5.34. The molecule has 0 unspecified atom stereocenters. The van der Waals surface area contributed by atoms with Crippen LogP contribution in [0.3, 0.4) is 0 Å². The molecule has 0 saturated carbocycles. The number of amides is 2. The van der Waals surface area contributed by atoms with Crippen molar-refractivity contribution in [1.29, 1.82) is 0 Å². The number of hydrazine groups is 1. The second-order valence-corrected chi connectivity index (χ2v) is 12.1. The molecule has 4 N–H and O–H groups in total. The van der Waals surface area contributed by atoms with Gasteiger partial charge in [-0.05, 0) is 66.9 Å². The summed E-state index contributed by atoms with van der Waals surface area (Å²) in [5.41, 5.74) is 9.01. The monoisotopic (exact) mass is 789 g/mol. The number of benzene rings is 2. The maximum absolute atomic E-state index is 12.8. The molecule has 14 nitrogen and oxygen atoms in total. The molecular formula is C37H47ClF3N9O5. The van der Waals surface area contributed by atoms with E-state index in [1.807, 2.05) is 11.9 Å². The molecule has 3 heterocycles. The SMILES string of the molecule is C=NCc1cccc2c1COCC2.C=NN(Cc1ccc(C(F)(F)F)cc1Cl)N1CCN(C(=O)c2ncnc(C)c2O)CC1.CC/C(=C/C=O)NC.NC=O. The first kappa shape index (κ1) is 45.8. The molecule has 2 aliphatic rings. The highest BCUT2D eigenvalue weighted by atomic mass is 35.5. The Morgan fingerprint density at radius 3 is 2.38 bits per heavy atom. The zero-order valence-corrected chi connectivity index (χ0v) is 31.8. The number of piperazine rings is 1. The Kier molecular flexibility index (Phi) is 19.5. The molecule has 0 bridgehead atoms. The number of hydrogen-bond acceptors (Lipinski definition) is 12. The van der Waals surface area contributed by atoms with Crippen LogP contribution in [0.5, 0.6) is 5.75 Å². The lowest BCUT2D eigenvalue weighted by Gasteiger charge is -2.39. The van der Waals surface area contributed by atoms with E-state index in [0.29, 0.717) is 44.0 Å². The fraction of sp³-hybridized carbons (Fsp3) is 0.378. The number of hydrazone groups is 1. The number of fused-ring (bicyclic) bond motifs is 1. The number of nitrogens with one attached hydrogen (secondary N) is 1. The van der Waals surface area contributed by atoms with Gasteiger partial charge in [0.05, 0.1) is 37.6 Å². The number of carbonyl (C=O) groups is 3. The van der Waals surface area contributed by atoms with E-state index in [4.69, 9.17) is 21.1 Å². The van der Waals surface area contributed by atoms with Gasteiger partial charge in [-0.1, -0.05) is 42.8 Å². The first-order valence-corrected chi connectivity index (χ1v) is 17.4. The number of aromatic nitrogens is 2. The molecule has 298 valence electrons. The zero-order chi connectivity index (χ0) is 41.0.